The Hall–Kier alpha value is -2.24. The molecule has 0 aliphatic carbocycles. The van der Waals surface area contributed by atoms with E-state index in [9.17, 15) is 4.79 Å². The van der Waals surface area contributed by atoms with Crippen LogP contribution >= 0.6 is 0 Å². The number of nitrogens with one attached hydrogen (secondary N) is 2. The van der Waals surface area contributed by atoms with E-state index in [4.69, 9.17) is 4.74 Å². The minimum absolute atomic E-state index is 0.118. The van der Waals surface area contributed by atoms with E-state index >= 15 is 0 Å². The first kappa shape index (κ1) is 22.8. The number of ether oxygens (including phenoxy) is 1. The Bertz CT molecular complexity index is 610. The number of rotatable bonds is 10. The van der Waals surface area contributed by atoms with E-state index in [1.165, 1.54) is 5.56 Å². The van der Waals surface area contributed by atoms with Crippen LogP contribution in [-0.2, 0) is 11.3 Å². The lowest BCUT2D eigenvalue weighted by Gasteiger charge is -2.19. The number of nitrogens with zero attached hydrogens (tertiary/aromatic N) is 2. The summed E-state index contributed by atoms with van der Waals surface area (Å²) >= 11 is 0. The average molecular weight is 377 g/mol. The smallest absolute Gasteiger partial charge is 0.224 e. The number of aliphatic imine (C=N–C) groups is 1. The largest absolute Gasteiger partial charge is 0.491 e. The summed E-state index contributed by atoms with van der Waals surface area (Å²) in [5.41, 5.74) is 2.21. The molecule has 1 aromatic carbocycles. The fraction of sp³-hybridized carbons (Fsp3) is 0.619. The molecule has 0 saturated heterocycles. The Kier molecular flexibility index (Phi) is 10.3. The van der Waals surface area contributed by atoms with Crippen LogP contribution in [-0.4, -0.2) is 49.0 Å². The van der Waals surface area contributed by atoms with Crippen LogP contribution in [0.2, 0.25) is 0 Å². The Morgan fingerprint density at radius 1 is 1.19 bits per heavy atom. The van der Waals surface area contributed by atoms with Gasteiger partial charge in [-0.1, -0.05) is 12.1 Å². The Morgan fingerprint density at radius 3 is 2.48 bits per heavy atom. The second-order valence-corrected chi connectivity index (χ2v) is 6.72. The number of hydrogen-bond donors (Lipinski definition) is 2. The van der Waals surface area contributed by atoms with Crippen molar-refractivity contribution in [2.75, 3.05) is 26.2 Å². The molecule has 1 aromatic rings. The zero-order chi connectivity index (χ0) is 20.2. The van der Waals surface area contributed by atoms with Crippen molar-refractivity contribution in [2.24, 2.45) is 4.99 Å². The van der Waals surface area contributed by atoms with Crippen LogP contribution in [0, 0.1) is 6.92 Å². The highest BCUT2D eigenvalue weighted by molar-refractivity contribution is 5.81. The molecule has 27 heavy (non-hydrogen) atoms. The van der Waals surface area contributed by atoms with Gasteiger partial charge in [-0.25, -0.2) is 4.99 Å². The van der Waals surface area contributed by atoms with Crippen LogP contribution in [0.25, 0.3) is 0 Å². The highest BCUT2D eigenvalue weighted by atomic mass is 16.5. The van der Waals surface area contributed by atoms with Crippen molar-refractivity contribution < 1.29 is 9.53 Å². The lowest BCUT2D eigenvalue weighted by molar-refractivity contribution is -0.130. The molecule has 2 N–H and O–H groups in total. The Balaban J connectivity index is 2.72. The lowest BCUT2D eigenvalue weighted by Crippen LogP contribution is -2.40. The first-order valence-electron chi connectivity index (χ1n) is 9.97. The van der Waals surface area contributed by atoms with Gasteiger partial charge in [-0.05, 0) is 53.2 Å². The first-order chi connectivity index (χ1) is 12.9. The molecule has 0 unspecified atom stereocenters. The van der Waals surface area contributed by atoms with Crippen molar-refractivity contribution in [3.8, 4) is 5.75 Å². The van der Waals surface area contributed by atoms with E-state index in [0.29, 0.717) is 25.5 Å². The number of guanidine groups is 1. The Morgan fingerprint density at radius 2 is 1.89 bits per heavy atom. The topological polar surface area (TPSA) is 66.0 Å². The van der Waals surface area contributed by atoms with Crippen LogP contribution in [0.15, 0.2) is 23.2 Å². The van der Waals surface area contributed by atoms with Gasteiger partial charge in [-0.15, -0.1) is 0 Å². The van der Waals surface area contributed by atoms with Gasteiger partial charge in [0.15, 0.2) is 5.96 Å². The van der Waals surface area contributed by atoms with E-state index in [-0.39, 0.29) is 12.0 Å². The first-order valence-corrected chi connectivity index (χ1v) is 9.97. The molecule has 0 aliphatic rings. The summed E-state index contributed by atoms with van der Waals surface area (Å²) in [4.78, 5) is 18.6. The number of carbonyl (C=O) groups is 1. The Labute approximate surface area is 164 Å². The van der Waals surface area contributed by atoms with Gasteiger partial charge in [0.1, 0.15) is 5.75 Å². The van der Waals surface area contributed by atoms with Crippen molar-refractivity contribution in [2.45, 2.75) is 60.6 Å². The van der Waals surface area contributed by atoms with Crippen molar-refractivity contribution in [1.82, 2.24) is 15.5 Å². The molecule has 1 amide bonds. The average Bonchev–Trinajstić information content (AvgIpc) is 2.61. The van der Waals surface area contributed by atoms with Gasteiger partial charge >= 0.3 is 0 Å². The van der Waals surface area contributed by atoms with Gasteiger partial charge in [-0.2, -0.15) is 0 Å². The minimum atomic E-state index is 0.118. The molecule has 0 radical (unpaired) electrons. The molecule has 6 nitrogen and oxygen atoms in total. The molecule has 0 aliphatic heterocycles. The maximum atomic E-state index is 12.1. The summed E-state index contributed by atoms with van der Waals surface area (Å²) in [5.74, 6) is 1.75. The molecular formula is C21H36N4O2. The number of aryl methyl sites for hydroxylation is 1. The fourth-order valence-corrected chi connectivity index (χ4v) is 2.68. The van der Waals surface area contributed by atoms with E-state index in [1.807, 2.05) is 45.6 Å². The van der Waals surface area contributed by atoms with E-state index in [0.717, 1.165) is 30.9 Å². The monoisotopic (exact) mass is 376 g/mol. The molecule has 0 atom stereocenters. The molecule has 1 rings (SSSR count). The van der Waals surface area contributed by atoms with Crippen LogP contribution in [0.1, 0.15) is 52.2 Å². The maximum absolute atomic E-state index is 12.1. The van der Waals surface area contributed by atoms with Crippen LogP contribution in [0.4, 0.5) is 0 Å². The van der Waals surface area contributed by atoms with Gasteiger partial charge in [0.2, 0.25) is 5.91 Å². The second-order valence-electron chi connectivity index (χ2n) is 6.72. The molecule has 0 fully saturated rings. The van der Waals surface area contributed by atoms with Gasteiger partial charge in [0, 0.05) is 38.2 Å². The zero-order valence-electron chi connectivity index (χ0n) is 17.8. The molecule has 0 heterocycles. The van der Waals surface area contributed by atoms with Crippen molar-refractivity contribution in [3.05, 3.63) is 29.3 Å². The van der Waals surface area contributed by atoms with E-state index in [1.54, 1.807) is 0 Å². The summed E-state index contributed by atoms with van der Waals surface area (Å²) in [6, 6.07) is 6.18. The third-order valence-electron chi connectivity index (χ3n) is 4.08. The number of amides is 1. The normalized spacial score (nSPS) is 11.4. The standard InChI is InChI=1S/C21H36N4O2/c1-7-22-21(23-13-12-20(26)25(8-2)9-3)24-15-18-11-10-17(6)14-19(18)27-16(4)5/h10-11,14,16H,7-9,12-13,15H2,1-6H3,(H2,22,23,24). The SMILES string of the molecule is CCNC(=NCc1ccc(C)cc1OC(C)C)NCCC(=O)N(CC)CC. The number of hydrogen-bond acceptors (Lipinski definition) is 3. The number of benzene rings is 1. The molecule has 0 spiro atoms. The number of carbonyl (C=O) groups excluding carboxylic acids is 1. The zero-order valence-corrected chi connectivity index (χ0v) is 17.8. The van der Waals surface area contributed by atoms with Gasteiger partial charge in [-0.3, -0.25) is 4.79 Å². The minimum Gasteiger partial charge on any atom is -0.491 e. The quantitative estimate of drug-likeness (QED) is 0.486. The maximum Gasteiger partial charge on any atom is 0.224 e. The summed E-state index contributed by atoms with van der Waals surface area (Å²) in [5, 5.41) is 6.48. The fourth-order valence-electron chi connectivity index (χ4n) is 2.68. The van der Waals surface area contributed by atoms with Gasteiger partial charge < -0.3 is 20.3 Å². The van der Waals surface area contributed by atoms with Crippen LogP contribution in [0.3, 0.4) is 0 Å². The molecule has 0 bridgehead atoms. The molecule has 152 valence electrons. The summed E-state index contributed by atoms with van der Waals surface area (Å²) in [7, 11) is 0. The molecule has 0 aromatic heterocycles. The predicted molar refractivity (Wildman–Crippen MR) is 112 cm³/mol. The summed E-state index contributed by atoms with van der Waals surface area (Å²) in [6.07, 6.45) is 0.574. The molecular weight excluding hydrogens is 340 g/mol. The molecule has 6 heteroatoms. The van der Waals surface area contributed by atoms with Crippen molar-refractivity contribution in [1.29, 1.82) is 0 Å². The molecule has 0 saturated carbocycles. The van der Waals surface area contributed by atoms with Crippen LogP contribution in [0.5, 0.6) is 5.75 Å². The summed E-state index contributed by atoms with van der Waals surface area (Å²) < 4.78 is 5.92. The lowest BCUT2D eigenvalue weighted by atomic mass is 10.1. The van der Waals surface area contributed by atoms with E-state index < -0.39 is 0 Å². The van der Waals surface area contributed by atoms with Crippen LogP contribution < -0.4 is 15.4 Å². The highest BCUT2D eigenvalue weighted by Crippen LogP contribution is 2.22. The highest BCUT2D eigenvalue weighted by Gasteiger charge is 2.10. The summed E-state index contributed by atoms with van der Waals surface area (Å²) in [6.45, 7) is 15.5. The van der Waals surface area contributed by atoms with Gasteiger partial charge in [0.05, 0.1) is 12.6 Å². The van der Waals surface area contributed by atoms with Crippen molar-refractivity contribution in [3.63, 3.8) is 0 Å². The third-order valence-corrected chi connectivity index (χ3v) is 4.08. The predicted octanol–water partition coefficient (Wildman–Crippen LogP) is 3.10. The third kappa shape index (κ3) is 8.33. The van der Waals surface area contributed by atoms with E-state index in [2.05, 4.69) is 34.7 Å². The second kappa shape index (κ2) is 12.2. The van der Waals surface area contributed by atoms with Gasteiger partial charge in [0.25, 0.3) is 0 Å². The van der Waals surface area contributed by atoms with Crippen molar-refractivity contribution >= 4 is 11.9 Å².